The standard InChI is InChI=1S/C15H25N5/c1-12(15-10-17-5-6-18-15)20-9-4-14(11-20)19-7-2-13(16)3-8-19/h5-6,10,12-14H,2-4,7-9,11,16H2,1H3. The Morgan fingerprint density at radius 1 is 1.20 bits per heavy atom. The second-order valence-corrected chi connectivity index (χ2v) is 6.12. The molecule has 2 unspecified atom stereocenters. The fraction of sp³-hybridized carbons (Fsp3) is 0.733. The van der Waals surface area contributed by atoms with E-state index in [0.29, 0.717) is 18.1 Å². The second kappa shape index (κ2) is 6.16. The molecule has 1 aromatic heterocycles. The van der Waals surface area contributed by atoms with Crippen molar-refractivity contribution >= 4 is 0 Å². The largest absolute Gasteiger partial charge is 0.328 e. The third-order valence-corrected chi connectivity index (χ3v) is 4.84. The first kappa shape index (κ1) is 13.9. The van der Waals surface area contributed by atoms with Crippen molar-refractivity contribution in [3.05, 3.63) is 24.3 Å². The van der Waals surface area contributed by atoms with Crippen LogP contribution in [0.4, 0.5) is 0 Å². The highest BCUT2D eigenvalue weighted by atomic mass is 15.3. The molecule has 1 aromatic rings. The molecular weight excluding hydrogens is 250 g/mol. The minimum absolute atomic E-state index is 0.362. The third-order valence-electron chi connectivity index (χ3n) is 4.84. The summed E-state index contributed by atoms with van der Waals surface area (Å²) in [4.78, 5) is 13.8. The Morgan fingerprint density at radius 3 is 2.70 bits per heavy atom. The van der Waals surface area contributed by atoms with Gasteiger partial charge in [-0.15, -0.1) is 0 Å². The van der Waals surface area contributed by atoms with E-state index in [9.17, 15) is 0 Å². The predicted molar refractivity (Wildman–Crippen MR) is 79.2 cm³/mol. The monoisotopic (exact) mass is 275 g/mol. The molecule has 2 N–H and O–H groups in total. The molecule has 0 spiro atoms. The summed E-state index contributed by atoms with van der Waals surface area (Å²) in [6.07, 6.45) is 8.97. The van der Waals surface area contributed by atoms with Gasteiger partial charge >= 0.3 is 0 Å². The molecule has 2 saturated heterocycles. The summed E-state index contributed by atoms with van der Waals surface area (Å²) in [6, 6.07) is 1.48. The number of nitrogens with zero attached hydrogens (tertiary/aromatic N) is 4. The van der Waals surface area contributed by atoms with Crippen LogP contribution in [0.3, 0.4) is 0 Å². The van der Waals surface area contributed by atoms with E-state index in [1.165, 1.54) is 19.5 Å². The molecule has 2 fully saturated rings. The number of nitrogens with two attached hydrogens (primary N) is 1. The average Bonchev–Trinajstić information content (AvgIpc) is 2.98. The summed E-state index contributed by atoms with van der Waals surface area (Å²) >= 11 is 0. The van der Waals surface area contributed by atoms with Gasteiger partial charge in [-0.05, 0) is 39.3 Å². The van der Waals surface area contributed by atoms with Crippen molar-refractivity contribution in [1.29, 1.82) is 0 Å². The minimum atomic E-state index is 0.362. The minimum Gasteiger partial charge on any atom is -0.328 e. The van der Waals surface area contributed by atoms with Crippen LogP contribution in [-0.4, -0.2) is 58.0 Å². The van der Waals surface area contributed by atoms with Gasteiger partial charge in [0.05, 0.1) is 11.7 Å². The number of hydrogen-bond acceptors (Lipinski definition) is 5. The van der Waals surface area contributed by atoms with Gasteiger partial charge in [-0.25, -0.2) is 0 Å². The van der Waals surface area contributed by atoms with Gasteiger partial charge in [0.1, 0.15) is 0 Å². The Hall–Kier alpha value is -1.04. The van der Waals surface area contributed by atoms with E-state index >= 15 is 0 Å². The smallest absolute Gasteiger partial charge is 0.0755 e. The van der Waals surface area contributed by atoms with E-state index in [1.807, 2.05) is 6.20 Å². The van der Waals surface area contributed by atoms with Crippen LogP contribution in [0.15, 0.2) is 18.6 Å². The molecule has 5 heteroatoms. The zero-order valence-electron chi connectivity index (χ0n) is 12.3. The highest BCUT2D eigenvalue weighted by molar-refractivity contribution is 5.03. The SMILES string of the molecule is CC(c1cnccn1)N1CCC(N2CCC(N)CC2)C1. The summed E-state index contributed by atoms with van der Waals surface area (Å²) in [5, 5.41) is 0. The van der Waals surface area contributed by atoms with Crippen molar-refractivity contribution in [3.8, 4) is 0 Å². The first-order chi connectivity index (χ1) is 9.74. The maximum absolute atomic E-state index is 5.99. The molecule has 0 aliphatic carbocycles. The van der Waals surface area contributed by atoms with E-state index in [-0.39, 0.29) is 0 Å². The van der Waals surface area contributed by atoms with Gasteiger partial charge in [-0.2, -0.15) is 0 Å². The van der Waals surface area contributed by atoms with Gasteiger partial charge in [-0.1, -0.05) is 0 Å². The van der Waals surface area contributed by atoms with Crippen LogP contribution >= 0.6 is 0 Å². The number of aromatic nitrogens is 2. The van der Waals surface area contributed by atoms with E-state index < -0.39 is 0 Å². The molecule has 0 amide bonds. The zero-order valence-corrected chi connectivity index (χ0v) is 12.3. The van der Waals surface area contributed by atoms with Crippen LogP contribution in [0.2, 0.25) is 0 Å². The van der Waals surface area contributed by atoms with Crippen molar-refractivity contribution in [3.63, 3.8) is 0 Å². The number of likely N-dealkylation sites (tertiary alicyclic amines) is 2. The lowest BCUT2D eigenvalue weighted by molar-refractivity contribution is 0.145. The van der Waals surface area contributed by atoms with Crippen LogP contribution < -0.4 is 5.73 Å². The van der Waals surface area contributed by atoms with Gasteiger partial charge in [0.2, 0.25) is 0 Å². The molecule has 0 radical (unpaired) electrons. The van der Waals surface area contributed by atoms with Crippen LogP contribution in [0.25, 0.3) is 0 Å². The predicted octanol–water partition coefficient (Wildman–Crippen LogP) is 1.03. The van der Waals surface area contributed by atoms with Crippen molar-refractivity contribution in [2.24, 2.45) is 5.73 Å². The van der Waals surface area contributed by atoms with Crippen LogP contribution in [0, 0.1) is 0 Å². The summed E-state index contributed by atoms with van der Waals surface area (Å²) < 4.78 is 0. The molecule has 110 valence electrons. The molecule has 2 aliphatic heterocycles. The van der Waals surface area contributed by atoms with E-state index in [0.717, 1.165) is 31.6 Å². The fourth-order valence-electron chi connectivity index (χ4n) is 3.42. The van der Waals surface area contributed by atoms with Crippen LogP contribution in [0.5, 0.6) is 0 Å². The lowest BCUT2D eigenvalue weighted by Crippen LogP contribution is -2.46. The van der Waals surface area contributed by atoms with Crippen LogP contribution in [0.1, 0.15) is 37.9 Å². The summed E-state index contributed by atoms with van der Waals surface area (Å²) in [5.41, 5.74) is 7.07. The van der Waals surface area contributed by atoms with Gasteiger partial charge in [0.25, 0.3) is 0 Å². The lowest BCUT2D eigenvalue weighted by atomic mass is 10.0. The molecule has 3 heterocycles. The highest BCUT2D eigenvalue weighted by Crippen LogP contribution is 2.26. The topological polar surface area (TPSA) is 58.3 Å². The average molecular weight is 275 g/mol. The highest BCUT2D eigenvalue weighted by Gasteiger charge is 2.32. The van der Waals surface area contributed by atoms with E-state index in [4.69, 9.17) is 5.73 Å². The van der Waals surface area contributed by atoms with Crippen LogP contribution in [-0.2, 0) is 0 Å². The van der Waals surface area contributed by atoms with Gasteiger partial charge in [-0.3, -0.25) is 19.8 Å². The quantitative estimate of drug-likeness (QED) is 0.893. The van der Waals surface area contributed by atoms with Gasteiger partial charge < -0.3 is 5.73 Å². The summed E-state index contributed by atoms with van der Waals surface area (Å²) in [7, 11) is 0. The van der Waals surface area contributed by atoms with Crippen molar-refractivity contribution in [2.75, 3.05) is 26.2 Å². The molecule has 0 aromatic carbocycles. The van der Waals surface area contributed by atoms with E-state index in [2.05, 4.69) is 26.7 Å². The molecule has 20 heavy (non-hydrogen) atoms. The van der Waals surface area contributed by atoms with Gasteiger partial charge in [0, 0.05) is 43.8 Å². The Labute approximate surface area is 121 Å². The first-order valence-corrected chi connectivity index (χ1v) is 7.73. The van der Waals surface area contributed by atoms with Crippen molar-refractivity contribution < 1.29 is 0 Å². The number of rotatable bonds is 3. The van der Waals surface area contributed by atoms with Crippen molar-refractivity contribution in [2.45, 2.75) is 44.3 Å². The van der Waals surface area contributed by atoms with E-state index in [1.54, 1.807) is 12.4 Å². The summed E-state index contributed by atoms with van der Waals surface area (Å²) in [6.45, 7) is 6.87. The molecule has 0 saturated carbocycles. The lowest BCUT2D eigenvalue weighted by Gasteiger charge is -2.35. The normalized spacial score (nSPS) is 27.8. The zero-order chi connectivity index (χ0) is 13.9. The third kappa shape index (κ3) is 3.00. The Morgan fingerprint density at radius 2 is 2.00 bits per heavy atom. The number of piperidine rings is 1. The molecule has 5 nitrogen and oxygen atoms in total. The Bertz CT molecular complexity index is 416. The Balaban J connectivity index is 1.57. The molecule has 3 rings (SSSR count). The second-order valence-electron chi connectivity index (χ2n) is 6.12. The number of hydrogen-bond donors (Lipinski definition) is 1. The molecule has 2 aliphatic rings. The summed E-state index contributed by atoms with van der Waals surface area (Å²) in [5.74, 6) is 0. The maximum Gasteiger partial charge on any atom is 0.0755 e. The maximum atomic E-state index is 5.99. The first-order valence-electron chi connectivity index (χ1n) is 7.73. The van der Waals surface area contributed by atoms with Crippen molar-refractivity contribution in [1.82, 2.24) is 19.8 Å². The molecule has 0 bridgehead atoms. The Kier molecular flexibility index (Phi) is 4.29. The van der Waals surface area contributed by atoms with Gasteiger partial charge in [0.15, 0.2) is 0 Å². The fourth-order valence-corrected chi connectivity index (χ4v) is 3.42. The molecular formula is C15H25N5. The molecule has 2 atom stereocenters.